The smallest absolute Gasteiger partial charge is 0.0549 e. The standard InChI is InChI=1S/C20H43P/c1-3-5-7-9-10-11-12-13-14-15-16-18-20-21-19-17-8-6-4-2/h21H,3-20H2,1-2H3/p+1. The number of hydrogen-bond donors (Lipinski definition) is 0. The first-order valence-corrected chi connectivity index (χ1v) is 11.9. The first-order chi connectivity index (χ1) is 10.4. The molecule has 1 atom stereocenters. The quantitative estimate of drug-likeness (QED) is 0.180. The highest BCUT2D eigenvalue weighted by atomic mass is 31.1. The van der Waals surface area contributed by atoms with Gasteiger partial charge in [-0.05, 0) is 34.3 Å². The monoisotopic (exact) mass is 315 g/mol. The van der Waals surface area contributed by atoms with Gasteiger partial charge in [0.2, 0.25) is 0 Å². The Morgan fingerprint density at radius 2 is 0.667 bits per heavy atom. The normalized spacial score (nSPS) is 11.7. The van der Waals surface area contributed by atoms with E-state index < -0.39 is 0 Å². The van der Waals surface area contributed by atoms with E-state index in [0.29, 0.717) is 0 Å². The van der Waals surface area contributed by atoms with Crippen LogP contribution in [-0.4, -0.2) is 12.3 Å². The molecule has 0 spiro atoms. The second kappa shape index (κ2) is 20.4. The Hall–Kier alpha value is 0.430. The predicted octanol–water partition coefficient (Wildman–Crippen LogP) is 7.68. The van der Waals surface area contributed by atoms with Crippen LogP contribution in [0.4, 0.5) is 0 Å². The van der Waals surface area contributed by atoms with E-state index in [0.717, 1.165) is 8.58 Å². The van der Waals surface area contributed by atoms with Crippen molar-refractivity contribution in [3.8, 4) is 0 Å². The van der Waals surface area contributed by atoms with Gasteiger partial charge in [0.05, 0.1) is 12.3 Å². The second-order valence-corrected chi connectivity index (χ2v) is 8.55. The van der Waals surface area contributed by atoms with Crippen molar-refractivity contribution in [2.75, 3.05) is 12.3 Å². The molecule has 0 nitrogen and oxygen atoms in total. The van der Waals surface area contributed by atoms with Gasteiger partial charge < -0.3 is 0 Å². The van der Waals surface area contributed by atoms with Crippen LogP contribution in [0, 0.1) is 0 Å². The number of rotatable bonds is 18. The van der Waals surface area contributed by atoms with Crippen LogP contribution in [-0.2, 0) is 0 Å². The van der Waals surface area contributed by atoms with Crippen molar-refractivity contribution < 1.29 is 0 Å². The molecule has 0 saturated heterocycles. The summed E-state index contributed by atoms with van der Waals surface area (Å²) in [6.07, 6.45) is 26.8. The van der Waals surface area contributed by atoms with Crippen molar-refractivity contribution in [3.63, 3.8) is 0 Å². The Labute approximate surface area is 138 Å². The SMILES string of the molecule is CCCCCCCCCCCCCC[PH2+]CCCCCC. The fraction of sp³-hybridized carbons (Fsp3) is 1.00. The van der Waals surface area contributed by atoms with Crippen molar-refractivity contribution in [1.29, 1.82) is 0 Å². The van der Waals surface area contributed by atoms with E-state index in [1.165, 1.54) is 103 Å². The lowest BCUT2D eigenvalue weighted by molar-refractivity contribution is 0.548. The van der Waals surface area contributed by atoms with E-state index in [2.05, 4.69) is 13.8 Å². The van der Waals surface area contributed by atoms with E-state index in [-0.39, 0.29) is 0 Å². The minimum atomic E-state index is 0.790. The van der Waals surface area contributed by atoms with Crippen LogP contribution in [0.5, 0.6) is 0 Å². The molecule has 1 heteroatoms. The minimum Gasteiger partial charge on any atom is -0.0654 e. The maximum Gasteiger partial charge on any atom is 0.0549 e. The third kappa shape index (κ3) is 20.4. The fourth-order valence-electron chi connectivity index (χ4n) is 2.99. The predicted molar refractivity (Wildman–Crippen MR) is 105 cm³/mol. The summed E-state index contributed by atoms with van der Waals surface area (Å²) in [5, 5.41) is 0. The molecule has 0 aromatic carbocycles. The van der Waals surface area contributed by atoms with Crippen LogP contribution in [0.1, 0.15) is 117 Å². The Balaban J connectivity index is 2.90. The van der Waals surface area contributed by atoms with Crippen LogP contribution in [0.3, 0.4) is 0 Å². The van der Waals surface area contributed by atoms with Gasteiger partial charge in [-0.2, -0.15) is 0 Å². The summed E-state index contributed by atoms with van der Waals surface area (Å²) in [6.45, 7) is 4.60. The third-order valence-electron chi connectivity index (χ3n) is 4.52. The van der Waals surface area contributed by atoms with Crippen molar-refractivity contribution in [3.05, 3.63) is 0 Å². The Kier molecular flexibility index (Phi) is 20.8. The molecule has 0 bridgehead atoms. The number of unbranched alkanes of at least 4 members (excludes halogenated alkanes) is 14. The average Bonchev–Trinajstić information content (AvgIpc) is 2.50. The summed E-state index contributed by atoms with van der Waals surface area (Å²) in [5.74, 6) is 0. The van der Waals surface area contributed by atoms with Gasteiger partial charge >= 0.3 is 0 Å². The van der Waals surface area contributed by atoms with Crippen LogP contribution in [0.2, 0.25) is 0 Å². The number of hydrogen-bond acceptors (Lipinski definition) is 0. The van der Waals surface area contributed by atoms with E-state index in [4.69, 9.17) is 0 Å². The molecule has 0 fully saturated rings. The highest BCUT2D eigenvalue weighted by Crippen LogP contribution is 2.18. The van der Waals surface area contributed by atoms with Crippen molar-refractivity contribution in [2.24, 2.45) is 0 Å². The Morgan fingerprint density at radius 3 is 1.05 bits per heavy atom. The minimum absolute atomic E-state index is 0.790. The highest BCUT2D eigenvalue weighted by molar-refractivity contribution is 7.37. The molecule has 0 aliphatic heterocycles. The van der Waals surface area contributed by atoms with Gasteiger partial charge in [-0.25, -0.2) is 0 Å². The summed E-state index contributed by atoms with van der Waals surface area (Å²) in [6, 6.07) is 0. The van der Waals surface area contributed by atoms with Crippen molar-refractivity contribution in [2.45, 2.75) is 117 Å². The Morgan fingerprint density at radius 1 is 0.381 bits per heavy atom. The molecule has 0 heterocycles. The summed E-state index contributed by atoms with van der Waals surface area (Å²) in [4.78, 5) is 0. The lowest BCUT2D eigenvalue weighted by atomic mass is 10.1. The molecular weight excluding hydrogens is 271 g/mol. The van der Waals surface area contributed by atoms with Gasteiger partial charge in [0, 0.05) is 0 Å². The van der Waals surface area contributed by atoms with Crippen LogP contribution >= 0.6 is 8.58 Å². The van der Waals surface area contributed by atoms with Crippen molar-refractivity contribution in [1.82, 2.24) is 0 Å². The molecule has 0 aliphatic rings. The van der Waals surface area contributed by atoms with Gasteiger partial charge in [-0.3, -0.25) is 0 Å². The maximum atomic E-state index is 2.30. The van der Waals surface area contributed by atoms with E-state index in [9.17, 15) is 0 Å². The Bertz CT molecular complexity index is 149. The highest BCUT2D eigenvalue weighted by Gasteiger charge is 1.97. The zero-order valence-corrected chi connectivity index (χ0v) is 16.5. The van der Waals surface area contributed by atoms with E-state index >= 15 is 0 Å². The molecule has 21 heavy (non-hydrogen) atoms. The lowest BCUT2D eigenvalue weighted by Gasteiger charge is -2.02. The molecular formula is C20H44P+. The first-order valence-electron chi connectivity index (χ1n) is 10.2. The lowest BCUT2D eigenvalue weighted by Crippen LogP contribution is -1.85. The zero-order valence-electron chi connectivity index (χ0n) is 15.3. The molecule has 1 unspecified atom stereocenters. The summed E-state index contributed by atoms with van der Waals surface area (Å²) < 4.78 is 0. The topological polar surface area (TPSA) is 0 Å². The average molecular weight is 316 g/mol. The molecule has 0 saturated carbocycles. The molecule has 0 radical (unpaired) electrons. The van der Waals surface area contributed by atoms with Crippen LogP contribution in [0.25, 0.3) is 0 Å². The fourth-order valence-corrected chi connectivity index (χ4v) is 4.43. The molecule has 0 aromatic heterocycles. The first kappa shape index (κ1) is 21.4. The van der Waals surface area contributed by atoms with E-state index in [1.54, 1.807) is 12.3 Å². The third-order valence-corrected chi connectivity index (χ3v) is 6.16. The van der Waals surface area contributed by atoms with Crippen molar-refractivity contribution >= 4 is 8.58 Å². The molecule has 0 rings (SSSR count). The van der Waals surface area contributed by atoms with Gasteiger partial charge in [0.15, 0.2) is 0 Å². The molecule has 0 N–H and O–H groups in total. The van der Waals surface area contributed by atoms with Crippen LogP contribution in [0.15, 0.2) is 0 Å². The largest absolute Gasteiger partial charge is 0.0654 e. The van der Waals surface area contributed by atoms with Gasteiger partial charge in [0.25, 0.3) is 0 Å². The van der Waals surface area contributed by atoms with Crippen LogP contribution < -0.4 is 0 Å². The summed E-state index contributed by atoms with van der Waals surface area (Å²) in [7, 11) is 0.790. The molecule has 0 aromatic rings. The van der Waals surface area contributed by atoms with Gasteiger partial charge in [0.1, 0.15) is 0 Å². The second-order valence-electron chi connectivity index (χ2n) is 6.82. The molecule has 128 valence electrons. The van der Waals surface area contributed by atoms with Gasteiger partial charge in [-0.15, -0.1) is 0 Å². The molecule has 0 amide bonds. The molecule has 0 aliphatic carbocycles. The van der Waals surface area contributed by atoms with Gasteiger partial charge in [-0.1, -0.05) is 90.9 Å². The maximum absolute atomic E-state index is 2.30. The van der Waals surface area contributed by atoms with E-state index in [1.807, 2.05) is 0 Å². The zero-order chi connectivity index (χ0) is 15.4. The summed E-state index contributed by atoms with van der Waals surface area (Å²) >= 11 is 0. The summed E-state index contributed by atoms with van der Waals surface area (Å²) in [5.41, 5.74) is 0.